The van der Waals surface area contributed by atoms with Crippen molar-refractivity contribution in [3.8, 4) is 0 Å². The molecule has 0 aromatic heterocycles. The van der Waals surface area contributed by atoms with Crippen LogP contribution in [0.4, 0.5) is 0 Å². The zero-order valence-corrected chi connectivity index (χ0v) is 16.7. The molecule has 0 amide bonds. The largest absolute Gasteiger partial charge is 0.488 e. The Morgan fingerprint density at radius 1 is 1.00 bits per heavy atom. The Hall–Kier alpha value is 0.281. The van der Waals surface area contributed by atoms with Crippen LogP contribution in [-0.2, 0) is 18.3 Å². The van der Waals surface area contributed by atoms with Crippen LogP contribution in [0.25, 0.3) is 0 Å². The molecule has 8 N–H and O–H groups in total. The molecule has 0 saturated carbocycles. The van der Waals surface area contributed by atoms with Crippen LogP contribution >= 0.6 is 0 Å². The molecule has 0 fully saturated rings. The molecule has 1 atom stereocenters. The fraction of sp³-hybridized carbons (Fsp3) is 1.00. The highest BCUT2D eigenvalue weighted by molar-refractivity contribution is 7.85. The summed E-state index contributed by atoms with van der Waals surface area (Å²) in [5.41, 5.74) is 10.7. The maximum atomic E-state index is 10.6. The predicted molar refractivity (Wildman–Crippen MR) is 88.9 cm³/mol. The van der Waals surface area contributed by atoms with Crippen LogP contribution in [-0.4, -0.2) is 73.6 Å². The van der Waals surface area contributed by atoms with Crippen molar-refractivity contribution in [2.75, 3.05) is 18.8 Å². The van der Waals surface area contributed by atoms with Gasteiger partial charge in [0, 0.05) is 12.1 Å². The molecule has 0 aliphatic carbocycles. The monoisotopic (exact) mass is 406 g/mol. The van der Waals surface area contributed by atoms with E-state index in [9.17, 15) is 22.8 Å². The van der Waals surface area contributed by atoms with Crippen molar-refractivity contribution in [3.05, 3.63) is 0 Å². The van der Waals surface area contributed by atoms with E-state index >= 15 is 0 Å². The molecule has 0 rings (SSSR count). The molecule has 0 aromatic carbocycles. The van der Waals surface area contributed by atoms with E-state index in [4.69, 9.17) is 24.3 Å². The molecule has 0 bridgehead atoms. The van der Waals surface area contributed by atoms with Gasteiger partial charge in [-0.25, -0.2) is 0 Å². The Kier molecular flexibility index (Phi) is 11.1. The van der Waals surface area contributed by atoms with Gasteiger partial charge in [0.05, 0.1) is 5.75 Å². The zero-order valence-electron chi connectivity index (χ0n) is 12.8. The molecule has 23 heavy (non-hydrogen) atoms. The topological polar surface area (TPSA) is 186 Å². The predicted octanol–water partition coefficient (Wildman–Crippen LogP) is -2.11. The van der Waals surface area contributed by atoms with E-state index in [0.717, 1.165) is 0 Å². The minimum Gasteiger partial charge on any atom is -0.415 e. The van der Waals surface area contributed by atoms with Gasteiger partial charge in [0.2, 0.25) is 9.76 Å². The lowest BCUT2D eigenvalue weighted by atomic mass is 10.5. The van der Waals surface area contributed by atoms with E-state index < -0.39 is 33.5 Å². The number of hydrogen-bond acceptors (Lipinski definition) is 9. The number of rotatable bonds is 14. The molecule has 138 valence electrons. The highest BCUT2D eigenvalue weighted by Gasteiger charge is 2.46. The van der Waals surface area contributed by atoms with Crippen molar-refractivity contribution in [2.24, 2.45) is 11.5 Å². The summed E-state index contributed by atoms with van der Waals surface area (Å²) < 4.78 is 40.3. The number of hydrogen-bond donors (Lipinski definition) is 6. The molecule has 0 saturated heterocycles. The number of nitrogens with two attached hydrogens (primary N) is 2. The summed E-state index contributed by atoms with van der Waals surface area (Å²) in [5, 5.41) is 0. The molecular formula is C9H26N2O8SSi3. The van der Waals surface area contributed by atoms with E-state index in [1.165, 1.54) is 0 Å². The summed E-state index contributed by atoms with van der Waals surface area (Å²) in [6.07, 6.45) is 0.892. The Balaban J connectivity index is 4.57. The van der Waals surface area contributed by atoms with E-state index in [1.807, 2.05) is 0 Å². The Morgan fingerprint density at radius 3 is 2.13 bits per heavy atom. The van der Waals surface area contributed by atoms with Crippen molar-refractivity contribution in [2.45, 2.75) is 37.4 Å². The Bertz CT molecular complexity index is 427. The SMILES string of the molecule is NCCC[Si]O[Si](O)(CCCN)O[Si](O)(O)CCCS(=O)(=O)O. The maximum Gasteiger partial charge on any atom is 0.488 e. The van der Waals surface area contributed by atoms with Crippen LogP contribution in [0, 0.1) is 0 Å². The van der Waals surface area contributed by atoms with Gasteiger partial charge < -0.3 is 34.1 Å². The van der Waals surface area contributed by atoms with Crippen molar-refractivity contribution < 1.29 is 35.6 Å². The second-order valence-corrected chi connectivity index (χ2v) is 12.9. The van der Waals surface area contributed by atoms with Gasteiger partial charge in [-0.3, -0.25) is 4.55 Å². The minimum atomic E-state index is -4.31. The van der Waals surface area contributed by atoms with Gasteiger partial charge in [-0.05, 0) is 38.4 Å². The normalized spacial score (nSPS) is 15.6. The summed E-state index contributed by atoms with van der Waals surface area (Å²) >= 11 is 0. The van der Waals surface area contributed by atoms with Crippen LogP contribution in [0.1, 0.15) is 19.3 Å². The lowest BCUT2D eigenvalue weighted by Crippen LogP contribution is -2.55. The summed E-state index contributed by atoms with van der Waals surface area (Å²) in [6, 6.07) is 0.319. The quantitative estimate of drug-likeness (QED) is 0.106. The Morgan fingerprint density at radius 2 is 1.61 bits per heavy atom. The standard InChI is InChI=1S/C9H26N2O8SSi3/c10-4-1-7-21-18-23(17,9-2-5-11)19-22(15,16)8-3-6-20(12,13)14/h15-17H,1-11H2,(H,12,13,14). The van der Waals surface area contributed by atoms with Gasteiger partial charge in [0.25, 0.3) is 10.1 Å². The molecule has 10 nitrogen and oxygen atoms in total. The summed E-state index contributed by atoms with van der Waals surface area (Å²) in [6.45, 7) is 0.760. The van der Waals surface area contributed by atoms with E-state index in [0.29, 0.717) is 25.4 Å². The summed E-state index contributed by atoms with van der Waals surface area (Å²) in [7, 11) is -12.4. The van der Waals surface area contributed by atoms with Crippen molar-refractivity contribution in [3.63, 3.8) is 0 Å². The Labute approximate surface area is 141 Å². The van der Waals surface area contributed by atoms with Crippen LogP contribution < -0.4 is 11.5 Å². The maximum absolute atomic E-state index is 10.6. The first-order valence-electron chi connectivity index (χ1n) is 7.17. The smallest absolute Gasteiger partial charge is 0.415 e. The van der Waals surface area contributed by atoms with E-state index in [2.05, 4.69) is 0 Å². The zero-order chi connectivity index (χ0) is 18.0. The average molecular weight is 407 g/mol. The molecular weight excluding hydrogens is 380 g/mol. The van der Waals surface area contributed by atoms with E-state index in [-0.39, 0.29) is 34.8 Å². The van der Waals surface area contributed by atoms with Gasteiger partial charge in [0.1, 0.15) is 0 Å². The van der Waals surface area contributed by atoms with Crippen molar-refractivity contribution in [1.29, 1.82) is 0 Å². The van der Waals surface area contributed by atoms with Gasteiger partial charge in [-0.2, -0.15) is 8.42 Å². The molecule has 14 heteroatoms. The first-order valence-corrected chi connectivity index (χ1v) is 13.9. The fourth-order valence-corrected chi connectivity index (χ4v) is 9.10. The molecule has 0 aliphatic rings. The lowest BCUT2D eigenvalue weighted by Gasteiger charge is -2.30. The first kappa shape index (κ1) is 23.3. The summed E-state index contributed by atoms with van der Waals surface area (Å²) in [4.78, 5) is 30.2. The second-order valence-electron chi connectivity index (χ2n) is 4.98. The van der Waals surface area contributed by atoms with E-state index in [1.54, 1.807) is 0 Å². The van der Waals surface area contributed by atoms with Crippen LogP contribution in [0.5, 0.6) is 0 Å². The summed E-state index contributed by atoms with van der Waals surface area (Å²) in [5.74, 6) is -0.617. The molecule has 2 radical (unpaired) electrons. The minimum absolute atomic E-state index is 0.0767. The highest BCUT2D eigenvalue weighted by atomic mass is 32.2. The van der Waals surface area contributed by atoms with Crippen LogP contribution in [0.3, 0.4) is 0 Å². The fourth-order valence-electron chi connectivity index (χ4n) is 1.58. The third-order valence-corrected chi connectivity index (χ3v) is 10.4. The van der Waals surface area contributed by atoms with Crippen molar-refractivity contribution >= 4 is 37.5 Å². The molecule has 1 unspecified atom stereocenters. The van der Waals surface area contributed by atoms with Crippen LogP contribution in [0.2, 0.25) is 18.1 Å². The molecule has 0 spiro atoms. The van der Waals surface area contributed by atoms with Gasteiger partial charge >= 0.3 is 17.6 Å². The molecule has 0 heterocycles. The highest BCUT2D eigenvalue weighted by Crippen LogP contribution is 2.20. The molecule has 0 aliphatic heterocycles. The van der Waals surface area contributed by atoms with Gasteiger partial charge in [-0.1, -0.05) is 0 Å². The van der Waals surface area contributed by atoms with Gasteiger partial charge in [-0.15, -0.1) is 0 Å². The first-order chi connectivity index (χ1) is 10.5. The van der Waals surface area contributed by atoms with Crippen molar-refractivity contribution in [1.82, 2.24) is 0 Å². The van der Waals surface area contributed by atoms with Crippen LogP contribution in [0.15, 0.2) is 0 Å². The average Bonchev–Trinajstić information content (AvgIpc) is 2.39. The third-order valence-electron chi connectivity index (χ3n) is 2.64. The third kappa shape index (κ3) is 13.3. The second kappa shape index (κ2) is 11.0. The lowest BCUT2D eigenvalue weighted by molar-refractivity contribution is 0.161. The van der Waals surface area contributed by atoms with Gasteiger partial charge in [0.15, 0.2) is 0 Å². The molecule has 0 aromatic rings.